The van der Waals surface area contributed by atoms with Crippen molar-refractivity contribution in [2.45, 2.75) is 13.0 Å². The van der Waals surface area contributed by atoms with Crippen LogP contribution in [0.15, 0.2) is 0 Å². The van der Waals surface area contributed by atoms with E-state index < -0.39 is 5.97 Å². The molecule has 74 valence electrons. The maximum absolute atomic E-state index is 11.5. The summed E-state index contributed by atoms with van der Waals surface area (Å²) in [5.41, 5.74) is 0. The lowest BCUT2D eigenvalue weighted by Gasteiger charge is -2.36. The topological polar surface area (TPSA) is 60.9 Å². The predicted molar refractivity (Wildman–Crippen MR) is 46.3 cm³/mol. The molecule has 5 nitrogen and oxygen atoms in total. The third-order valence-electron chi connectivity index (χ3n) is 2.38. The second-order valence-corrected chi connectivity index (χ2v) is 3.31. The number of likely N-dealkylation sites (N-methyl/N-ethyl adjacent to an activating group) is 1. The molecule has 0 bridgehead atoms. The summed E-state index contributed by atoms with van der Waals surface area (Å²) in [7, 11) is 1.86. The van der Waals surface area contributed by atoms with Gasteiger partial charge in [0.1, 0.15) is 6.54 Å². The molecule has 1 N–H and O–H groups in total. The molecule has 0 aromatic rings. The molecule has 13 heavy (non-hydrogen) atoms. The number of carbonyl (C=O) groups is 2. The lowest BCUT2D eigenvalue weighted by Crippen LogP contribution is -2.55. The van der Waals surface area contributed by atoms with E-state index in [1.807, 2.05) is 11.9 Å². The normalized spacial score (nSPS) is 24.9. The van der Waals surface area contributed by atoms with Gasteiger partial charge in [0.15, 0.2) is 0 Å². The lowest BCUT2D eigenvalue weighted by molar-refractivity contribution is -0.149. The molecule has 0 aromatic heterocycles. The number of hydrogen-bond acceptors (Lipinski definition) is 3. The molecule has 1 fully saturated rings. The molecule has 1 heterocycles. The highest BCUT2D eigenvalue weighted by Gasteiger charge is 2.29. The lowest BCUT2D eigenvalue weighted by atomic mass is 10.2. The fourth-order valence-electron chi connectivity index (χ4n) is 1.36. The predicted octanol–water partition coefficient (Wildman–Crippen LogP) is -0.766. The summed E-state index contributed by atoms with van der Waals surface area (Å²) in [6.07, 6.45) is 0. The molecule has 1 rings (SSSR count). The van der Waals surface area contributed by atoms with E-state index in [1.165, 1.54) is 4.90 Å². The number of hydrogen-bond donors (Lipinski definition) is 1. The van der Waals surface area contributed by atoms with Crippen molar-refractivity contribution < 1.29 is 14.7 Å². The summed E-state index contributed by atoms with van der Waals surface area (Å²) in [6.45, 7) is 2.85. The smallest absolute Gasteiger partial charge is 0.323 e. The summed E-state index contributed by atoms with van der Waals surface area (Å²) in [4.78, 5) is 25.2. The SMILES string of the molecule is CC1C(=O)N(CC(=O)O)CCN1C. The quantitative estimate of drug-likeness (QED) is 0.615. The van der Waals surface area contributed by atoms with Crippen LogP contribution in [0.3, 0.4) is 0 Å². The van der Waals surface area contributed by atoms with Gasteiger partial charge in [-0.25, -0.2) is 0 Å². The Kier molecular flexibility index (Phi) is 2.87. The highest BCUT2D eigenvalue weighted by Crippen LogP contribution is 2.07. The molecule has 0 saturated carbocycles. The minimum absolute atomic E-state index is 0.101. The average molecular weight is 186 g/mol. The van der Waals surface area contributed by atoms with Crippen molar-refractivity contribution in [3.8, 4) is 0 Å². The zero-order chi connectivity index (χ0) is 10.0. The van der Waals surface area contributed by atoms with E-state index in [0.717, 1.165) is 6.54 Å². The number of carboxylic acid groups (broad SMARTS) is 1. The number of aliphatic carboxylic acids is 1. The van der Waals surface area contributed by atoms with Gasteiger partial charge in [-0.05, 0) is 14.0 Å². The Morgan fingerprint density at radius 1 is 1.62 bits per heavy atom. The average Bonchev–Trinajstić information content (AvgIpc) is 2.06. The molecule has 0 aliphatic carbocycles. The van der Waals surface area contributed by atoms with Crippen LogP contribution in [0.1, 0.15) is 6.92 Å². The monoisotopic (exact) mass is 186 g/mol. The van der Waals surface area contributed by atoms with Crippen LogP contribution in [0.5, 0.6) is 0 Å². The maximum Gasteiger partial charge on any atom is 0.323 e. The summed E-state index contributed by atoms with van der Waals surface area (Å²) in [5.74, 6) is -1.05. The van der Waals surface area contributed by atoms with Crippen LogP contribution < -0.4 is 0 Å². The molecule has 1 aliphatic rings. The van der Waals surface area contributed by atoms with Crippen molar-refractivity contribution in [2.75, 3.05) is 26.7 Å². The molecule has 1 aliphatic heterocycles. The minimum atomic E-state index is -0.954. The van der Waals surface area contributed by atoms with Gasteiger partial charge in [-0.3, -0.25) is 14.5 Å². The number of nitrogens with zero attached hydrogens (tertiary/aromatic N) is 2. The second-order valence-electron chi connectivity index (χ2n) is 3.31. The number of amides is 1. The van der Waals surface area contributed by atoms with E-state index in [4.69, 9.17) is 5.11 Å². The first kappa shape index (κ1) is 9.98. The Labute approximate surface area is 76.9 Å². The molecule has 0 radical (unpaired) electrons. The third kappa shape index (κ3) is 2.18. The Morgan fingerprint density at radius 3 is 2.77 bits per heavy atom. The van der Waals surface area contributed by atoms with Crippen molar-refractivity contribution in [3.05, 3.63) is 0 Å². The number of piperazine rings is 1. The molecule has 0 spiro atoms. The van der Waals surface area contributed by atoms with Gasteiger partial charge in [0.25, 0.3) is 0 Å². The number of rotatable bonds is 2. The van der Waals surface area contributed by atoms with Crippen molar-refractivity contribution in [1.29, 1.82) is 0 Å². The van der Waals surface area contributed by atoms with Crippen molar-refractivity contribution in [1.82, 2.24) is 9.80 Å². The van der Waals surface area contributed by atoms with Gasteiger partial charge < -0.3 is 10.0 Å². The standard InChI is InChI=1S/C8H14N2O3/c1-6-8(13)10(5-7(11)12)4-3-9(6)2/h6H,3-5H2,1-2H3,(H,11,12). The molecule has 1 amide bonds. The van der Waals surface area contributed by atoms with Gasteiger partial charge in [-0.2, -0.15) is 0 Å². The van der Waals surface area contributed by atoms with E-state index in [9.17, 15) is 9.59 Å². The molecule has 5 heteroatoms. The van der Waals surface area contributed by atoms with Gasteiger partial charge >= 0.3 is 5.97 Å². The van der Waals surface area contributed by atoms with E-state index in [0.29, 0.717) is 6.54 Å². The van der Waals surface area contributed by atoms with Crippen molar-refractivity contribution in [3.63, 3.8) is 0 Å². The first-order valence-electron chi connectivity index (χ1n) is 4.23. The van der Waals surface area contributed by atoms with Crippen LogP contribution in [-0.2, 0) is 9.59 Å². The summed E-state index contributed by atoms with van der Waals surface area (Å²) in [6, 6.07) is -0.201. The fourth-order valence-corrected chi connectivity index (χ4v) is 1.36. The molecule has 0 aromatic carbocycles. The Hall–Kier alpha value is -1.10. The molecule has 1 atom stereocenters. The van der Waals surface area contributed by atoms with Crippen molar-refractivity contribution in [2.24, 2.45) is 0 Å². The first-order chi connectivity index (χ1) is 6.02. The largest absolute Gasteiger partial charge is 0.480 e. The molecular formula is C8H14N2O3. The number of carbonyl (C=O) groups excluding carboxylic acids is 1. The minimum Gasteiger partial charge on any atom is -0.480 e. The zero-order valence-corrected chi connectivity index (χ0v) is 7.86. The van der Waals surface area contributed by atoms with Crippen molar-refractivity contribution >= 4 is 11.9 Å². The summed E-state index contributed by atoms with van der Waals surface area (Å²) in [5, 5.41) is 8.53. The zero-order valence-electron chi connectivity index (χ0n) is 7.86. The van der Waals surface area contributed by atoms with Gasteiger partial charge in [-0.15, -0.1) is 0 Å². The molecule has 1 unspecified atom stereocenters. The van der Waals surface area contributed by atoms with Crippen LogP contribution in [0, 0.1) is 0 Å². The van der Waals surface area contributed by atoms with E-state index in [-0.39, 0.29) is 18.5 Å². The van der Waals surface area contributed by atoms with Crippen LogP contribution >= 0.6 is 0 Å². The highest BCUT2D eigenvalue weighted by atomic mass is 16.4. The van der Waals surface area contributed by atoms with Crippen LogP contribution in [0.25, 0.3) is 0 Å². The Bertz CT molecular complexity index is 229. The third-order valence-corrected chi connectivity index (χ3v) is 2.38. The Morgan fingerprint density at radius 2 is 2.23 bits per heavy atom. The second kappa shape index (κ2) is 3.74. The molecule has 1 saturated heterocycles. The van der Waals surface area contributed by atoms with Gasteiger partial charge in [0, 0.05) is 13.1 Å². The summed E-state index contributed by atoms with van der Waals surface area (Å²) >= 11 is 0. The summed E-state index contributed by atoms with van der Waals surface area (Å²) < 4.78 is 0. The molecular weight excluding hydrogens is 172 g/mol. The van der Waals surface area contributed by atoms with E-state index in [2.05, 4.69) is 0 Å². The van der Waals surface area contributed by atoms with Gasteiger partial charge in [0.2, 0.25) is 5.91 Å². The van der Waals surface area contributed by atoms with Crippen LogP contribution in [-0.4, -0.2) is 59.5 Å². The van der Waals surface area contributed by atoms with E-state index in [1.54, 1.807) is 6.92 Å². The maximum atomic E-state index is 11.5. The van der Waals surface area contributed by atoms with Gasteiger partial charge in [-0.1, -0.05) is 0 Å². The first-order valence-corrected chi connectivity index (χ1v) is 4.23. The van der Waals surface area contributed by atoms with E-state index >= 15 is 0 Å². The van der Waals surface area contributed by atoms with Crippen LogP contribution in [0.2, 0.25) is 0 Å². The highest BCUT2D eigenvalue weighted by molar-refractivity contribution is 5.85. The fraction of sp³-hybridized carbons (Fsp3) is 0.750. The number of carboxylic acids is 1. The van der Waals surface area contributed by atoms with Gasteiger partial charge in [0.05, 0.1) is 6.04 Å². The Balaban J connectivity index is 2.59. The van der Waals surface area contributed by atoms with Crippen LogP contribution in [0.4, 0.5) is 0 Å².